The second-order valence-corrected chi connectivity index (χ2v) is 4.02. The highest BCUT2D eigenvalue weighted by Crippen LogP contribution is 2.16. The van der Waals surface area contributed by atoms with E-state index in [2.05, 4.69) is 37.4 Å². The molecule has 0 saturated heterocycles. The van der Waals surface area contributed by atoms with Crippen LogP contribution >= 0.6 is 0 Å². The predicted molar refractivity (Wildman–Crippen MR) is 58.8 cm³/mol. The number of hydrogen-bond donors (Lipinski definition) is 1. The van der Waals surface area contributed by atoms with Gasteiger partial charge >= 0.3 is 0 Å². The highest BCUT2D eigenvalue weighted by Gasteiger charge is 1.98. The molecule has 0 unspecified atom stereocenters. The van der Waals surface area contributed by atoms with Gasteiger partial charge in [0.05, 0.1) is 0 Å². The lowest BCUT2D eigenvalue weighted by Crippen LogP contribution is -2.23. The fourth-order valence-electron chi connectivity index (χ4n) is 1.54. The zero-order chi connectivity index (χ0) is 9.52. The third-order valence-corrected chi connectivity index (χ3v) is 2.33. The smallest absolute Gasteiger partial charge is 0.00103 e. The van der Waals surface area contributed by atoms with Crippen LogP contribution in [0.3, 0.4) is 0 Å². The van der Waals surface area contributed by atoms with E-state index < -0.39 is 0 Å². The molecule has 0 fully saturated rings. The third-order valence-electron chi connectivity index (χ3n) is 2.33. The Labute approximate surface area is 81.9 Å². The standard InChI is InChI=1S/C12H21N/c1-11(2)13-10-6-5-9-12-7-3-4-8-12/h3-4,7,11,13H,5-6,8-10H2,1-2H3. The lowest BCUT2D eigenvalue weighted by Gasteiger charge is -2.07. The molecule has 0 spiro atoms. The Morgan fingerprint density at radius 2 is 2.23 bits per heavy atom. The first-order chi connectivity index (χ1) is 6.29. The Morgan fingerprint density at radius 1 is 1.38 bits per heavy atom. The molecule has 0 amide bonds. The molecule has 1 heteroatoms. The Balaban J connectivity index is 1.90. The molecule has 1 aliphatic carbocycles. The quantitative estimate of drug-likeness (QED) is 0.618. The lowest BCUT2D eigenvalue weighted by atomic mass is 10.1. The van der Waals surface area contributed by atoms with E-state index in [-0.39, 0.29) is 0 Å². The van der Waals surface area contributed by atoms with Crippen LogP contribution in [0.5, 0.6) is 0 Å². The van der Waals surface area contributed by atoms with Crippen molar-refractivity contribution >= 4 is 0 Å². The first kappa shape index (κ1) is 10.5. The molecule has 13 heavy (non-hydrogen) atoms. The van der Waals surface area contributed by atoms with E-state index in [9.17, 15) is 0 Å². The summed E-state index contributed by atoms with van der Waals surface area (Å²) in [7, 11) is 0. The summed E-state index contributed by atoms with van der Waals surface area (Å²) in [6, 6.07) is 0.632. The van der Waals surface area contributed by atoms with Crippen LogP contribution in [0.25, 0.3) is 0 Å². The topological polar surface area (TPSA) is 12.0 Å². The molecule has 0 heterocycles. The van der Waals surface area contributed by atoms with Crippen molar-refractivity contribution in [2.24, 2.45) is 0 Å². The fourth-order valence-corrected chi connectivity index (χ4v) is 1.54. The number of allylic oxidation sites excluding steroid dienone is 4. The molecular weight excluding hydrogens is 158 g/mol. The Kier molecular flexibility index (Phi) is 4.84. The van der Waals surface area contributed by atoms with E-state index in [1.165, 1.54) is 32.2 Å². The maximum Gasteiger partial charge on any atom is 0.00103 e. The molecule has 0 saturated carbocycles. The van der Waals surface area contributed by atoms with E-state index in [1.807, 2.05) is 0 Å². The van der Waals surface area contributed by atoms with Crippen LogP contribution in [0.1, 0.15) is 39.5 Å². The molecule has 0 aliphatic heterocycles. The van der Waals surface area contributed by atoms with Gasteiger partial charge in [-0.1, -0.05) is 37.6 Å². The van der Waals surface area contributed by atoms with Gasteiger partial charge in [-0.2, -0.15) is 0 Å². The average molecular weight is 179 g/mol. The molecule has 0 atom stereocenters. The highest BCUT2D eigenvalue weighted by atomic mass is 14.9. The van der Waals surface area contributed by atoms with Gasteiger partial charge in [0, 0.05) is 6.04 Å². The summed E-state index contributed by atoms with van der Waals surface area (Å²) >= 11 is 0. The zero-order valence-electron chi connectivity index (χ0n) is 8.84. The number of hydrogen-bond acceptors (Lipinski definition) is 1. The summed E-state index contributed by atoms with van der Waals surface area (Å²) in [5.74, 6) is 0. The molecule has 0 aromatic heterocycles. The SMILES string of the molecule is CC(C)NCCCCC1=CC=CC1. The van der Waals surface area contributed by atoms with E-state index in [0.717, 1.165) is 0 Å². The summed E-state index contributed by atoms with van der Waals surface area (Å²) in [4.78, 5) is 0. The van der Waals surface area contributed by atoms with Crippen molar-refractivity contribution < 1.29 is 0 Å². The van der Waals surface area contributed by atoms with E-state index in [0.29, 0.717) is 6.04 Å². The van der Waals surface area contributed by atoms with Crippen molar-refractivity contribution in [2.75, 3.05) is 6.54 Å². The van der Waals surface area contributed by atoms with Crippen LogP contribution in [0, 0.1) is 0 Å². The minimum atomic E-state index is 0.632. The van der Waals surface area contributed by atoms with Crippen LogP contribution in [-0.2, 0) is 0 Å². The van der Waals surface area contributed by atoms with Crippen molar-refractivity contribution in [1.29, 1.82) is 0 Å². The number of unbranched alkanes of at least 4 members (excludes halogenated alkanes) is 1. The van der Waals surface area contributed by atoms with Gasteiger partial charge in [0.25, 0.3) is 0 Å². The van der Waals surface area contributed by atoms with E-state index in [1.54, 1.807) is 5.57 Å². The third kappa shape index (κ3) is 4.89. The normalized spacial score (nSPS) is 15.5. The van der Waals surface area contributed by atoms with Crippen molar-refractivity contribution in [3.8, 4) is 0 Å². The first-order valence-corrected chi connectivity index (χ1v) is 5.37. The zero-order valence-corrected chi connectivity index (χ0v) is 8.84. The monoisotopic (exact) mass is 179 g/mol. The van der Waals surface area contributed by atoms with Gasteiger partial charge in [0.15, 0.2) is 0 Å². The van der Waals surface area contributed by atoms with Crippen molar-refractivity contribution in [1.82, 2.24) is 5.32 Å². The Bertz CT molecular complexity index is 189. The van der Waals surface area contributed by atoms with Crippen LogP contribution in [0.2, 0.25) is 0 Å². The lowest BCUT2D eigenvalue weighted by molar-refractivity contribution is 0.556. The summed E-state index contributed by atoms with van der Waals surface area (Å²) in [5.41, 5.74) is 1.60. The minimum Gasteiger partial charge on any atom is -0.315 e. The van der Waals surface area contributed by atoms with Crippen molar-refractivity contribution in [3.63, 3.8) is 0 Å². The summed E-state index contributed by atoms with van der Waals surface area (Å²) in [6.07, 6.45) is 11.8. The van der Waals surface area contributed by atoms with Gasteiger partial charge in [-0.15, -0.1) is 0 Å². The van der Waals surface area contributed by atoms with Gasteiger partial charge in [0.1, 0.15) is 0 Å². The molecule has 1 N–H and O–H groups in total. The molecular formula is C12H21N. The summed E-state index contributed by atoms with van der Waals surface area (Å²) < 4.78 is 0. The minimum absolute atomic E-state index is 0.632. The van der Waals surface area contributed by atoms with Gasteiger partial charge in [-0.05, 0) is 32.2 Å². The average Bonchev–Trinajstić information content (AvgIpc) is 2.55. The van der Waals surface area contributed by atoms with Gasteiger partial charge in [-0.3, -0.25) is 0 Å². The molecule has 1 aliphatic rings. The molecule has 1 rings (SSSR count). The second kappa shape index (κ2) is 5.98. The molecule has 74 valence electrons. The Morgan fingerprint density at radius 3 is 2.85 bits per heavy atom. The van der Waals surface area contributed by atoms with Crippen LogP contribution < -0.4 is 5.32 Å². The van der Waals surface area contributed by atoms with Crippen molar-refractivity contribution in [3.05, 3.63) is 23.8 Å². The molecule has 0 aromatic rings. The van der Waals surface area contributed by atoms with Crippen LogP contribution in [0.15, 0.2) is 23.8 Å². The number of nitrogens with one attached hydrogen (secondary N) is 1. The Hall–Kier alpha value is -0.560. The van der Waals surface area contributed by atoms with Gasteiger partial charge in [0.2, 0.25) is 0 Å². The summed E-state index contributed by atoms with van der Waals surface area (Å²) in [6.45, 7) is 5.56. The molecule has 0 aromatic carbocycles. The van der Waals surface area contributed by atoms with Gasteiger partial charge in [-0.25, -0.2) is 0 Å². The van der Waals surface area contributed by atoms with Crippen molar-refractivity contribution in [2.45, 2.75) is 45.6 Å². The largest absolute Gasteiger partial charge is 0.315 e. The second-order valence-electron chi connectivity index (χ2n) is 4.02. The van der Waals surface area contributed by atoms with Crippen LogP contribution in [0.4, 0.5) is 0 Å². The molecule has 1 nitrogen and oxygen atoms in total. The maximum atomic E-state index is 3.44. The maximum absolute atomic E-state index is 3.44. The predicted octanol–water partition coefficient (Wildman–Crippen LogP) is 3.04. The highest BCUT2D eigenvalue weighted by molar-refractivity contribution is 5.22. The van der Waals surface area contributed by atoms with E-state index >= 15 is 0 Å². The van der Waals surface area contributed by atoms with Crippen LogP contribution in [-0.4, -0.2) is 12.6 Å². The fraction of sp³-hybridized carbons (Fsp3) is 0.667. The van der Waals surface area contributed by atoms with Gasteiger partial charge < -0.3 is 5.32 Å². The summed E-state index contributed by atoms with van der Waals surface area (Å²) in [5, 5.41) is 3.44. The number of rotatable bonds is 6. The first-order valence-electron chi connectivity index (χ1n) is 5.37. The molecule has 0 bridgehead atoms. The van der Waals surface area contributed by atoms with E-state index in [4.69, 9.17) is 0 Å². The molecule has 0 radical (unpaired) electrons.